The molecule has 2 heteroatoms. The zero-order chi connectivity index (χ0) is 2.71. The molecule has 0 unspecified atom stereocenters. The first-order valence-corrected chi connectivity index (χ1v) is 3.00. The minimum absolute atomic E-state index is 0. The Morgan fingerprint density at radius 1 is 1.25 bits per heavy atom. The van der Waals surface area contributed by atoms with Gasteiger partial charge >= 0.3 is 27.3 Å². The summed E-state index contributed by atoms with van der Waals surface area (Å²) in [5.74, 6) is 0. The zero-order valence-corrected chi connectivity index (χ0v) is 9.70. The molecule has 0 spiro atoms. The molecule has 0 saturated heterocycles. The third-order valence-electron chi connectivity index (χ3n) is 0. The van der Waals surface area contributed by atoms with Crippen molar-refractivity contribution in [2.24, 2.45) is 0 Å². The van der Waals surface area contributed by atoms with Crippen LogP contribution in [0, 0.1) is 0 Å². The first-order valence-electron chi connectivity index (χ1n) is 1.00. The summed E-state index contributed by atoms with van der Waals surface area (Å²) in [6, 6.07) is 0. The van der Waals surface area contributed by atoms with Gasteiger partial charge in [-0.1, -0.05) is 0 Å². The van der Waals surface area contributed by atoms with Gasteiger partial charge in [-0.25, -0.2) is 0 Å². The molecule has 0 aromatic heterocycles. The van der Waals surface area contributed by atoms with Crippen molar-refractivity contribution in [1.29, 1.82) is 0 Å². The van der Waals surface area contributed by atoms with Crippen LogP contribution in [0.5, 0.6) is 0 Å². The molecule has 4 heavy (non-hydrogen) atoms. The van der Waals surface area contributed by atoms with Gasteiger partial charge in [0.25, 0.3) is 0 Å². The van der Waals surface area contributed by atoms with Crippen LogP contribution in [0.3, 0.4) is 0 Å². The van der Waals surface area contributed by atoms with E-state index >= 15 is 0 Å². The molecule has 0 rings (SSSR count). The predicted molar refractivity (Wildman–Crippen MR) is 28.7 cm³/mol. The van der Waals surface area contributed by atoms with E-state index in [-0.39, 0.29) is 27.3 Å². The molecule has 0 aliphatic heterocycles. The van der Waals surface area contributed by atoms with Crippen LogP contribution in [0.1, 0.15) is 0 Å². The van der Waals surface area contributed by atoms with Gasteiger partial charge in [0.05, 0.1) is 0 Å². The maximum atomic E-state index is 2.15. The monoisotopic (exact) mass is 272 g/mol. The van der Waals surface area contributed by atoms with Crippen molar-refractivity contribution in [3.8, 4) is 0 Å². The standard InChI is InChI=1S/C2H7P.Pb.2H/c1-3-2;;;/h3H,1-2H3;;;. The molecule has 0 aromatic carbocycles. The van der Waals surface area contributed by atoms with Crippen LogP contribution in [-0.2, 0) is 0 Å². The summed E-state index contributed by atoms with van der Waals surface area (Å²) in [6.45, 7) is 4.31. The van der Waals surface area contributed by atoms with Crippen molar-refractivity contribution in [2.45, 2.75) is 0 Å². The topological polar surface area (TPSA) is 0 Å². The molecule has 0 amide bonds. The maximum absolute atomic E-state index is 2.15. The van der Waals surface area contributed by atoms with Gasteiger partial charge in [0.2, 0.25) is 0 Å². The van der Waals surface area contributed by atoms with E-state index in [2.05, 4.69) is 13.3 Å². The molecule has 0 aliphatic carbocycles. The predicted octanol–water partition coefficient (Wildman–Crippen LogP) is 0.00830. The van der Waals surface area contributed by atoms with Crippen LogP contribution in [-0.4, -0.2) is 40.6 Å². The second kappa shape index (κ2) is 8.84. The molecule has 0 atom stereocenters. The molecular weight excluding hydrogens is 262 g/mol. The molecule has 0 bridgehead atoms. The Kier molecular flexibility index (Phi) is 19.9. The van der Waals surface area contributed by atoms with Gasteiger partial charge in [0.15, 0.2) is 0 Å². The number of rotatable bonds is 0. The van der Waals surface area contributed by atoms with Gasteiger partial charge < -0.3 is 0 Å². The van der Waals surface area contributed by atoms with Crippen LogP contribution in [0.15, 0.2) is 0 Å². The molecular formula is C2H9PPb. The molecule has 2 radical (unpaired) electrons. The Labute approximate surface area is 49.3 Å². The SMILES string of the molecule is CPC.[PbH2]. The Morgan fingerprint density at radius 3 is 1.25 bits per heavy atom. The number of hydrogen-bond donors (Lipinski definition) is 0. The van der Waals surface area contributed by atoms with Crippen molar-refractivity contribution in [3.63, 3.8) is 0 Å². The average molecular weight is 271 g/mol. The normalized spacial score (nSPS) is 4.50. The quantitative estimate of drug-likeness (QED) is 0.430. The fraction of sp³-hybridized carbons (Fsp3) is 1.00. The summed E-state index contributed by atoms with van der Waals surface area (Å²) in [4.78, 5) is 0. The van der Waals surface area contributed by atoms with Crippen LogP contribution in [0.25, 0.3) is 0 Å². The van der Waals surface area contributed by atoms with Crippen molar-refractivity contribution in [1.82, 2.24) is 0 Å². The van der Waals surface area contributed by atoms with Crippen molar-refractivity contribution < 1.29 is 0 Å². The van der Waals surface area contributed by atoms with Crippen molar-refractivity contribution in [3.05, 3.63) is 0 Å². The van der Waals surface area contributed by atoms with Crippen LogP contribution < -0.4 is 0 Å². The first kappa shape index (κ1) is 9.02. The fourth-order valence-electron chi connectivity index (χ4n) is 0. The zero-order valence-electron chi connectivity index (χ0n) is 3.21. The van der Waals surface area contributed by atoms with E-state index in [0.717, 1.165) is 8.58 Å². The molecule has 0 nitrogen and oxygen atoms in total. The van der Waals surface area contributed by atoms with E-state index in [0.29, 0.717) is 0 Å². The van der Waals surface area contributed by atoms with Gasteiger partial charge in [0, 0.05) is 0 Å². The molecule has 0 fully saturated rings. The molecule has 0 heterocycles. The summed E-state index contributed by atoms with van der Waals surface area (Å²) in [7, 11) is 1.08. The van der Waals surface area contributed by atoms with E-state index in [9.17, 15) is 0 Å². The molecule has 0 N–H and O–H groups in total. The molecule has 0 aliphatic rings. The summed E-state index contributed by atoms with van der Waals surface area (Å²) >= 11 is 0. The fourth-order valence-corrected chi connectivity index (χ4v) is 0. The summed E-state index contributed by atoms with van der Waals surface area (Å²) < 4.78 is 0. The van der Waals surface area contributed by atoms with Crippen molar-refractivity contribution >= 4 is 35.9 Å². The molecule has 0 saturated carbocycles. The molecule has 0 aromatic rings. The summed E-state index contributed by atoms with van der Waals surface area (Å²) in [6.07, 6.45) is 0. The first-order chi connectivity index (χ1) is 1.41. The van der Waals surface area contributed by atoms with E-state index < -0.39 is 0 Å². The van der Waals surface area contributed by atoms with E-state index in [1.54, 1.807) is 0 Å². The Morgan fingerprint density at radius 2 is 1.25 bits per heavy atom. The van der Waals surface area contributed by atoms with Gasteiger partial charge in [-0.3, -0.25) is 0 Å². The van der Waals surface area contributed by atoms with Crippen LogP contribution in [0.4, 0.5) is 0 Å². The second-order valence-corrected chi connectivity index (χ2v) is 1.50. The van der Waals surface area contributed by atoms with Gasteiger partial charge in [-0.05, 0) is 13.3 Å². The second-order valence-electron chi connectivity index (χ2n) is 0.500. The third kappa shape index (κ3) is 10.1. The van der Waals surface area contributed by atoms with E-state index in [4.69, 9.17) is 0 Å². The number of hydrogen-bond acceptors (Lipinski definition) is 0. The van der Waals surface area contributed by atoms with Crippen LogP contribution >= 0.6 is 8.58 Å². The van der Waals surface area contributed by atoms with Crippen LogP contribution in [0.2, 0.25) is 0 Å². The molecule has 26 valence electrons. The summed E-state index contributed by atoms with van der Waals surface area (Å²) in [5.41, 5.74) is 0. The van der Waals surface area contributed by atoms with E-state index in [1.807, 2.05) is 0 Å². The Balaban J connectivity index is 0. The summed E-state index contributed by atoms with van der Waals surface area (Å²) in [5, 5.41) is 0. The minimum atomic E-state index is 0. The van der Waals surface area contributed by atoms with E-state index in [1.165, 1.54) is 0 Å². The van der Waals surface area contributed by atoms with Gasteiger partial charge in [0.1, 0.15) is 0 Å². The Bertz CT molecular complexity index is 6.00. The average Bonchev–Trinajstić information content (AvgIpc) is 0.918. The Hall–Kier alpha value is 1.35. The van der Waals surface area contributed by atoms with Crippen molar-refractivity contribution in [2.75, 3.05) is 13.3 Å². The van der Waals surface area contributed by atoms with Gasteiger partial charge in [-0.15, -0.1) is 8.58 Å². The van der Waals surface area contributed by atoms with Gasteiger partial charge in [-0.2, -0.15) is 0 Å². The third-order valence-corrected chi connectivity index (χ3v) is 0.